The average molecular weight is 379 g/mol. The van der Waals surface area contributed by atoms with E-state index < -0.39 is 35.8 Å². The number of carbonyl (C=O) groups is 3. The van der Waals surface area contributed by atoms with E-state index in [0.717, 1.165) is 0 Å². The van der Waals surface area contributed by atoms with E-state index in [1.165, 1.54) is 0 Å². The molecule has 1 aromatic rings. The van der Waals surface area contributed by atoms with E-state index in [4.69, 9.17) is 9.47 Å². The molecule has 27 heavy (non-hydrogen) atoms. The molecule has 7 nitrogen and oxygen atoms in total. The number of hydrogen-bond donors (Lipinski definition) is 2. The summed E-state index contributed by atoms with van der Waals surface area (Å²) < 4.78 is 10.4. The van der Waals surface area contributed by atoms with Crippen LogP contribution in [-0.2, 0) is 19.1 Å². The van der Waals surface area contributed by atoms with Crippen LogP contribution in [-0.4, -0.2) is 34.8 Å². The van der Waals surface area contributed by atoms with Gasteiger partial charge in [-0.1, -0.05) is 44.2 Å². The summed E-state index contributed by atoms with van der Waals surface area (Å²) in [6, 6.07) is 8.21. The van der Waals surface area contributed by atoms with Crippen LogP contribution in [0.3, 0.4) is 0 Å². The zero-order valence-corrected chi connectivity index (χ0v) is 16.5. The molecule has 1 amide bonds. The van der Waals surface area contributed by atoms with Crippen LogP contribution in [0.2, 0.25) is 0 Å². The Morgan fingerprint density at radius 1 is 1.11 bits per heavy atom. The highest BCUT2D eigenvalue weighted by Gasteiger charge is 2.27. The highest BCUT2D eigenvalue weighted by Crippen LogP contribution is 2.20. The Morgan fingerprint density at radius 3 is 2.19 bits per heavy atom. The van der Waals surface area contributed by atoms with Crippen LogP contribution in [0.5, 0.6) is 0 Å². The number of ether oxygens (including phenoxy) is 2. The van der Waals surface area contributed by atoms with E-state index >= 15 is 0 Å². The highest BCUT2D eigenvalue weighted by atomic mass is 16.6. The minimum Gasteiger partial charge on any atom is -0.479 e. The smallest absolute Gasteiger partial charge is 0.408 e. The summed E-state index contributed by atoms with van der Waals surface area (Å²) >= 11 is 0. The molecule has 0 aliphatic rings. The number of aliphatic carboxylic acids is 1. The van der Waals surface area contributed by atoms with Gasteiger partial charge in [0, 0.05) is 0 Å². The summed E-state index contributed by atoms with van der Waals surface area (Å²) in [5.74, 6) is -1.83. The number of carboxylic acids is 1. The second-order valence-electron chi connectivity index (χ2n) is 7.76. The third kappa shape index (κ3) is 9.08. The van der Waals surface area contributed by atoms with Gasteiger partial charge >= 0.3 is 18.0 Å². The van der Waals surface area contributed by atoms with Crippen LogP contribution >= 0.6 is 0 Å². The Hall–Kier alpha value is -2.57. The number of hydrogen-bond acceptors (Lipinski definition) is 5. The number of esters is 1. The van der Waals surface area contributed by atoms with Gasteiger partial charge < -0.3 is 19.9 Å². The van der Waals surface area contributed by atoms with E-state index in [1.54, 1.807) is 45.0 Å². The van der Waals surface area contributed by atoms with Gasteiger partial charge in [-0.15, -0.1) is 0 Å². The van der Waals surface area contributed by atoms with Crippen molar-refractivity contribution in [3.63, 3.8) is 0 Å². The number of carboxylic acid groups (broad SMARTS) is 1. The summed E-state index contributed by atoms with van der Waals surface area (Å²) in [5, 5.41) is 11.9. The topological polar surface area (TPSA) is 102 Å². The standard InChI is InChI=1S/C20H29NO6/c1-13(2)11-16(18(23)24)26-17(22)12-15(14-9-7-6-8-10-14)21-19(25)27-20(3,4)5/h6-10,13,15-16H,11-12H2,1-5H3,(H,21,25)(H,23,24)/t15?,16-/m0/s1. The maximum Gasteiger partial charge on any atom is 0.408 e. The predicted octanol–water partition coefficient (Wildman–Crippen LogP) is 3.69. The molecule has 0 aliphatic carbocycles. The summed E-state index contributed by atoms with van der Waals surface area (Å²) in [4.78, 5) is 35.7. The van der Waals surface area contributed by atoms with Gasteiger partial charge in [0.1, 0.15) is 5.60 Å². The van der Waals surface area contributed by atoms with Crippen LogP contribution < -0.4 is 5.32 Å². The molecule has 0 bridgehead atoms. The quantitative estimate of drug-likeness (QED) is 0.668. The first-order valence-corrected chi connectivity index (χ1v) is 8.94. The first-order chi connectivity index (χ1) is 12.5. The zero-order chi connectivity index (χ0) is 20.6. The maximum absolute atomic E-state index is 12.3. The van der Waals surface area contributed by atoms with E-state index in [9.17, 15) is 19.5 Å². The molecule has 0 heterocycles. The molecule has 0 fully saturated rings. The zero-order valence-electron chi connectivity index (χ0n) is 16.5. The van der Waals surface area contributed by atoms with Crippen molar-refractivity contribution in [1.29, 1.82) is 0 Å². The fourth-order valence-corrected chi connectivity index (χ4v) is 2.39. The van der Waals surface area contributed by atoms with E-state index in [-0.39, 0.29) is 18.8 Å². The molecular weight excluding hydrogens is 350 g/mol. The molecule has 150 valence electrons. The van der Waals surface area contributed by atoms with Crippen LogP contribution in [0.4, 0.5) is 4.79 Å². The molecule has 2 N–H and O–H groups in total. The third-order valence-electron chi connectivity index (χ3n) is 3.50. The monoisotopic (exact) mass is 379 g/mol. The molecule has 0 radical (unpaired) electrons. The molecule has 0 aromatic heterocycles. The van der Waals surface area contributed by atoms with Gasteiger partial charge in [-0.05, 0) is 38.7 Å². The van der Waals surface area contributed by atoms with Gasteiger partial charge in [-0.3, -0.25) is 4.79 Å². The Kier molecular flexibility index (Phi) is 8.28. The number of nitrogens with one attached hydrogen (secondary N) is 1. The van der Waals surface area contributed by atoms with Gasteiger partial charge in [0.2, 0.25) is 0 Å². The van der Waals surface area contributed by atoms with Crippen molar-refractivity contribution in [2.24, 2.45) is 5.92 Å². The first-order valence-electron chi connectivity index (χ1n) is 8.94. The lowest BCUT2D eigenvalue weighted by atomic mass is 10.0. The van der Waals surface area contributed by atoms with Crippen LogP contribution in [0.1, 0.15) is 59.1 Å². The number of carbonyl (C=O) groups excluding carboxylic acids is 2. The largest absolute Gasteiger partial charge is 0.479 e. The minimum absolute atomic E-state index is 0.0590. The second kappa shape index (κ2) is 9.94. The van der Waals surface area contributed by atoms with Crippen molar-refractivity contribution >= 4 is 18.0 Å². The van der Waals surface area contributed by atoms with Gasteiger partial charge in [0.15, 0.2) is 6.10 Å². The summed E-state index contributed by atoms with van der Waals surface area (Å²) in [5.41, 5.74) is 0.00774. The molecule has 1 unspecified atom stereocenters. The highest BCUT2D eigenvalue weighted by molar-refractivity contribution is 5.79. The van der Waals surface area contributed by atoms with Crippen LogP contribution in [0.15, 0.2) is 30.3 Å². The number of alkyl carbamates (subject to hydrolysis) is 1. The average Bonchev–Trinajstić information content (AvgIpc) is 2.52. The van der Waals surface area contributed by atoms with Crippen molar-refractivity contribution < 1.29 is 29.0 Å². The maximum atomic E-state index is 12.3. The number of amides is 1. The molecule has 1 aromatic carbocycles. The van der Waals surface area contributed by atoms with E-state index in [2.05, 4.69) is 5.32 Å². The second-order valence-corrected chi connectivity index (χ2v) is 7.76. The summed E-state index contributed by atoms with van der Waals surface area (Å²) in [6.45, 7) is 8.91. The molecule has 0 spiro atoms. The van der Waals surface area contributed by atoms with Gasteiger partial charge in [-0.25, -0.2) is 9.59 Å². The minimum atomic E-state index is -1.21. The van der Waals surface area contributed by atoms with Crippen molar-refractivity contribution in [3.05, 3.63) is 35.9 Å². The van der Waals surface area contributed by atoms with Gasteiger partial charge in [-0.2, -0.15) is 0 Å². The lowest BCUT2D eigenvalue weighted by molar-refractivity contribution is -0.165. The molecule has 1 rings (SSSR count). The fourth-order valence-electron chi connectivity index (χ4n) is 2.39. The summed E-state index contributed by atoms with van der Waals surface area (Å²) in [6.07, 6.45) is -1.86. The van der Waals surface area contributed by atoms with Crippen molar-refractivity contribution in [1.82, 2.24) is 5.32 Å². The van der Waals surface area contributed by atoms with Crippen molar-refractivity contribution in [2.75, 3.05) is 0 Å². The SMILES string of the molecule is CC(C)C[C@H](OC(=O)CC(NC(=O)OC(C)(C)C)c1ccccc1)C(=O)O. The molecule has 7 heteroatoms. The van der Waals surface area contributed by atoms with Crippen molar-refractivity contribution in [3.8, 4) is 0 Å². The Balaban J connectivity index is 2.86. The van der Waals surface area contributed by atoms with E-state index in [0.29, 0.717) is 5.56 Å². The van der Waals surface area contributed by atoms with Gasteiger partial charge in [0.05, 0.1) is 12.5 Å². The lowest BCUT2D eigenvalue weighted by Crippen LogP contribution is -2.37. The molecule has 0 aliphatic heterocycles. The summed E-state index contributed by atoms with van der Waals surface area (Å²) in [7, 11) is 0. The van der Waals surface area contributed by atoms with Crippen LogP contribution in [0.25, 0.3) is 0 Å². The fraction of sp³-hybridized carbons (Fsp3) is 0.550. The van der Waals surface area contributed by atoms with Crippen LogP contribution in [0, 0.1) is 5.92 Å². The normalized spacial score (nSPS) is 13.6. The lowest BCUT2D eigenvalue weighted by Gasteiger charge is -2.24. The molecule has 0 saturated heterocycles. The van der Waals surface area contributed by atoms with Gasteiger partial charge in [0.25, 0.3) is 0 Å². The Labute approximate surface area is 160 Å². The molecule has 2 atom stereocenters. The number of benzene rings is 1. The third-order valence-corrected chi connectivity index (χ3v) is 3.50. The van der Waals surface area contributed by atoms with Crippen molar-refractivity contribution in [2.45, 2.75) is 65.2 Å². The molecular formula is C20H29NO6. The molecule has 0 saturated carbocycles. The number of rotatable bonds is 8. The Bertz CT molecular complexity index is 636. The van der Waals surface area contributed by atoms with E-state index in [1.807, 2.05) is 19.9 Å². The first kappa shape index (κ1) is 22.5. The predicted molar refractivity (Wildman–Crippen MR) is 100 cm³/mol. The Morgan fingerprint density at radius 2 is 1.70 bits per heavy atom.